The van der Waals surface area contributed by atoms with Crippen LogP contribution in [0.5, 0.6) is 5.75 Å². The van der Waals surface area contributed by atoms with Gasteiger partial charge in [0.05, 0.1) is 10.5 Å². The Balaban J connectivity index is 0.00000441. The molecule has 0 bridgehead atoms. The summed E-state index contributed by atoms with van der Waals surface area (Å²) in [6, 6.07) is 3.62. The zero-order chi connectivity index (χ0) is 16.0. The SMILES string of the molecule is CC(C)CCCCCC(=O)c1cccc(S(=O)(=O)[O-])c1O.[Na+]. The summed E-state index contributed by atoms with van der Waals surface area (Å²) in [5, 5.41) is 9.77. The predicted octanol–water partition coefficient (Wildman–Crippen LogP) is 0.0895. The van der Waals surface area contributed by atoms with Crippen LogP contribution < -0.4 is 29.6 Å². The molecule has 0 aromatic heterocycles. The van der Waals surface area contributed by atoms with Crippen LogP contribution >= 0.6 is 0 Å². The van der Waals surface area contributed by atoms with E-state index in [-0.39, 0.29) is 47.3 Å². The van der Waals surface area contributed by atoms with Crippen molar-refractivity contribution in [3.05, 3.63) is 23.8 Å². The largest absolute Gasteiger partial charge is 1.00 e. The van der Waals surface area contributed by atoms with Crippen LogP contribution in [0.15, 0.2) is 23.1 Å². The first-order valence-electron chi connectivity index (χ1n) is 7.04. The van der Waals surface area contributed by atoms with E-state index in [2.05, 4.69) is 13.8 Å². The van der Waals surface area contributed by atoms with E-state index in [9.17, 15) is 22.9 Å². The fourth-order valence-corrected chi connectivity index (χ4v) is 2.69. The summed E-state index contributed by atoms with van der Waals surface area (Å²) in [5.41, 5.74) is -0.101. The molecular weight excluding hydrogens is 315 g/mol. The molecule has 0 fully saturated rings. The molecule has 0 heterocycles. The Morgan fingerprint density at radius 1 is 1.23 bits per heavy atom. The van der Waals surface area contributed by atoms with E-state index in [1.54, 1.807) is 0 Å². The smallest absolute Gasteiger partial charge is 0.744 e. The summed E-state index contributed by atoms with van der Waals surface area (Å²) in [4.78, 5) is 11.2. The van der Waals surface area contributed by atoms with Crippen molar-refractivity contribution in [2.75, 3.05) is 0 Å². The Morgan fingerprint density at radius 2 is 1.86 bits per heavy atom. The average molecular weight is 336 g/mol. The molecule has 0 aliphatic heterocycles. The molecule has 22 heavy (non-hydrogen) atoms. The van der Waals surface area contributed by atoms with Crippen LogP contribution in [0.4, 0.5) is 0 Å². The Morgan fingerprint density at radius 3 is 2.41 bits per heavy atom. The molecule has 118 valence electrons. The third-order valence-electron chi connectivity index (χ3n) is 3.25. The Bertz CT molecular complexity index is 596. The molecule has 5 nitrogen and oxygen atoms in total. The van der Waals surface area contributed by atoms with Crippen LogP contribution in [0.3, 0.4) is 0 Å². The van der Waals surface area contributed by atoms with Crippen molar-refractivity contribution in [3.8, 4) is 5.75 Å². The first-order chi connectivity index (χ1) is 9.73. The number of aromatic hydroxyl groups is 1. The first-order valence-corrected chi connectivity index (χ1v) is 8.45. The van der Waals surface area contributed by atoms with E-state index in [1.165, 1.54) is 12.1 Å². The van der Waals surface area contributed by atoms with Crippen LogP contribution in [-0.4, -0.2) is 23.9 Å². The third kappa shape index (κ3) is 6.79. The summed E-state index contributed by atoms with van der Waals surface area (Å²) in [6.07, 6.45) is 3.95. The molecule has 0 spiro atoms. The molecule has 1 N–H and O–H groups in total. The van der Waals surface area contributed by atoms with Gasteiger partial charge in [0.2, 0.25) is 0 Å². The zero-order valence-electron chi connectivity index (χ0n) is 13.3. The molecule has 0 saturated heterocycles. The van der Waals surface area contributed by atoms with Gasteiger partial charge in [0.15, 0.2) is 5.78 Å². The van der Waals surface area contributed by atoms with Gasteiger partial charge in [0, 0.05) is 6.42 Å². The van der Waals surface area contributed by atoms with E-state index in [0.29, 0.717) is 12.3 Å². The number of rotatable bonds is 8. The van der Waals surface area contributed by atoms with Crippen molar-refractivity contribution < 1.29 is 52.4 Å². The summed E-state index contributed by atoms with van der Waals surface area (Å²) in [5.74, 6) is -0.453. The van der Waals surface area contributed by atoms with E-state index < -0.39 is 20.8 Å². The monoisotopic (exact) mass is 336 g/mol. The number of unbranched alkanes of at least 4 members (excludes halogenated alkanes) is 2. The van der Waals surface area contributed by atoms with Crippen LogP contribution in [0.25, 0.3) is 0 Å². The maximum atomic E-state index is 12.0. The molecule has 1 aromatic rings. The Labute approximate surface area is 154 Å². The number of carbonyl (C=O) groups excluding carboxylic acids is 1. The van der Waals surface area contributed by atoms with Crippen molar-refractivity contribution >= 4 is 15.9 Å². The normalized spacial score (nSPS) is 11.3. The van der Waals surface area contributed by atoms with Crippen LogP contribution in [0.1, 0.15) is 56.3 Å². The second-order valence-electron chi connectivity index (χ2n) is 5.52. The number of ketones is 1. The number of para-hydroxylation sites is 1. The predicted molar refractivity (Wildman–Crippen MR) is 78.3 cm³/mol. The summed E-state index contributed by atoms with van der Waals surface area (Å²) in [7, 11) is -4.78. The van der Waals surface area contributed by atoms with Gasteiger partial charge < -0.3 is 9.66 Å². The van der Waals surface area contributed by atoms with E-state index >= 15 is 0 Å². The molecule has 0 radical (unpaired) electrons. The minimum Gasteiger partial charge on any atom is -0.744 e. The summed E-state index contributed by atoms with van der Waals surface area (Å²) in [6.45, 7) is 4.27. The number of hydrogen-bond donors (Lipinski definition) is 1. The number of Topliss-reactive ketones (excluding diaryl/α,β-unsaturated/α-hetero) is 1. The standard InChI is InChI=1S/C15H22O5S.Na/c1-11(2)7-4-3-5-9-13(16)12-8-6-10-14(15(12)17)21(18,19)20;/h6,8,10-11,17H,3-5,7,9H2,1-2H3,(H,18,19,20);/q;+1/p-1. The molecular formula is C15H21NaO5S. The minimum absolute atomic E-state index is 0. The van der Waals surface area contributed by atoms with Gasteiger partial charge in [-0.3, -0.25) is 4.79 Å². The fraction of sp³-hybridized carbons (Fsp3) is 0.533. The van der Waals surface area contributed by atoms with Crippen molar-refractivity contribution in [1.29, 1.82) is 0 Å². The van der Waals surface area contributed by atoms with Gasteiger partial charge in [-0.25, -0.2) is 8.42 Å². The Hall–Kier alpha value is -0.400. The number of benzene rings is 1. The zero-order valence-corrected chi connectivity index (χ0v) is 16.1. The van der Waals surface area contributed by atoms with E-state index in [4.69, 9.17) is 0 Å². The number of hydrogen-bond acceptors (Lipinski definition) is 5. The maximum Gasteiger partial charge on any atom is 1.00 e. The van der Waals surface area contributed by atoms with Crippen LogP contribution in [0, 0.1) is 5.92 Å². The Kier molecular flexibility index (Phi) is 9.50. The van der Waals surface area contributed by atoms with Gasteiger partial charge in [-0.2, -0.15) is 0 Å². The number of phenolic OH excluding ortho intramolecular Hbond substituents is 1. The first kappa shape index (κ1) is 21.6. The van der Waals surface area contributed by atoms with Gasteiger partial charge in [0.25, 0.3) is 0 Å². The molecule has 0 aliphatic rings. The van der Waals surface area contributed by atoms with Gasteiger partial charge in [-0.1, -0.05) is 39.2 Å². The second-order valence-corrected chi connectivity index (χ2v) is 6.87. The molecule has 0 atom stereocenters. The maximum absolute atomic E-state index is 12.0. The number of phenols is 1. The van der Waals surface area contributed by atoms with Crippen LogP contribution in [-0.2, 0) is 10.1 Å². The quantitative estimate of drug-likeness (QED) is 0.314. The topological polar surface area (TPSA) is 94.5 Å². The van der Waals surface area contributed by atoms with Crippen molar-refractivity contribution in [2.24, 2.45) is 5.92 Å². The average Bonchev–Trinajstić information content (AvgIpc) is 2.36. The molecule has 7 heteroatoms. The molecule has 1 rings (SSSR count). The van der Waals surface area contributed by atoms with E-state index in [1.807, 2.05) is 0 Å². The minimum atomic E-state index is -4.78. The fourth-order valence-electron chi connectivity index (χ4n) is 2.10. The third-order valence-corrected chi connectivity index (χ3v) is 4.12. The van der Waals surface area contributed by atoms with Crippen molar-refractivity contribution in [3.63, 3.8) is 0 Å². The second kappa shape index (κ2) is 9.67. The molecule has 0 unspecified atom stereocenters. The van der Waals surface area contributed by atoms with Crippen molar-refractivity contribution in [2.45, 2.75) is 50.8 Å². The van der Waals surface area contributed by atoms with Gasteiger partial charge in [0.1, 0.15) is 15.9 Å². The van der Waals surface area contributed by atoms with E-state index in [0.717, 1.165) is 25.3 Å². The van der Waals surface area contributed by atoms with Crippen molar-refractivity contribution in [1.82, 2.24) is 0 Å². The molecule has 0 aliphatic carbocycles. The molecule has 0 saturated carbocycles. The summed E-state index contributed by atoms with van der Waals surface area (Å²) >= 11 is 0. The molecule has 0 amide bonds. The number of carbonyl (C=O) groups is 1. The summed E-state index contributed by atoms with van der Waals surface area (Å²) < 4.78 is 32.9. The molecule has 1 aromatic carbocycles. The van der Waals surface area contributed by atoms with Crippen LogP contribution in [0.2, 0.25) is 0 Å². The van der Waals surface area contributed by atoms with Gasteiger partial charge in [-0.05, 0) is 24.5 Å². The van der Waals surface area contributed by atoms with Gasteiger partial charge in [-0.15, -0.1) is 0 Å². The van der Waals surface area contributed by atoms with Gasteiger partial charge >= 0.3 is 29.6 Å².